The molecule has 182 valence electrons. The third kappa shape index (κ3) is 5.84. The van der Waals surface area contributed by atoms with E-state index in [-0.39, 0.29) is 11.5 Å². The van der Waals surface area contributed by atoms with Crippen LogP contribution >= 0.6 is 23.5 Å². The van der Waals surface area contributed by atoms with Crippen molar-refractivity contribution in [2.45, 2.75) is 54.5 Å². The Kier molecular flexibility index (Phi) is 7.63. The molecule has 2 aliphatic rings. The number of piperidine rings is 1. The van der Waals surface area contributed by atoms with Crippen LogP contribution in [0.15, 0.2) is 75.5 Å². The SMILES string of the molecule is C[C@@H]1Cc2nc(SCC(=O)N3CCC(Cc4ccccc4)CC3)n(Cc3ccccc3)c(=O)c2S1. The summed E-state index contributed by atoms with van der Waals surface area (Å²) in [6.45, 7) is 4.21. The zero-order valence-electron chi connectivity index (χ0n) is 20.1. The van der Waals surface area contributed by atoms with E-state index < -0.39 is 0 Å². The van der Waals surface area contributed by atoms with Crippen molar-refractivity contribution in [3.8, 4) is 0 Å². The van der Waals surface area contributed by atoms with Gasteiger partial charge >= 0.3 is 0 Å². The molecule has 3 aromatic rings. The van der Waals surface area contributed by atoms with E-state index in [1.807, 2.05) is 35.2 Å². The van der Waals surface area contributed by atoms with Gasteiger partial charge in [-0.3, -0.25) is 14.2 Å². The Hall–Kier alpha value is -2.51. The zero-order valence-corrected chi connectivity index (χ0v) is 21.7. The summed E-state index contributed by atoms with van der Waals surface area (Å²) in [5, 5.41) is 1.01. The van der Waals surface area contributed by atoms with Gasteiger partial charge in [-0.05, 0) is 36.3 Å². The topological polar surface area (TPSA) is 55.2 Å². The van der Waals surface area contributed by atoms with Gasteiger partial charge in [0, 0.05) is 24.8 Å². The number of benzene rings is 2. The first-order chi connectivity index (χ1) is 17.1. The molecule has 7 heteroatoms. The molecule has 35 heavy (non-hydrogen) atoms. The van der Waals surface area contributed by atoms with Crippen LogP contribution in [0.1, 0.15) is 36.6 Å². The third-order valence-corrected chi connectivity index (χ3v) is 8.98. The summed E-state index contributed by atoms with van der Waals surface area (Å²) in [4.78, 5) is 34.0. The van der Waals surface area contributed by atoms with Crippen molar-refractivity contribution in [1.82, 2.24) is 14.5 Å². The first-order valence-electron chi connectivity index (χ1n) is 12.4. The first kappa shape index (κ1) is 24.2. The number of nitrogens with zero attached hydrogens (tertiary/aromatic N) is 3. The molecule has 0 radical (unpaired) electrons. The molecule has 2 aromatic carbocycles. The van der Waals surface area contributed by atoms with Crippen molar-refractivity contribution in [2.75, 3.05) is 18.8 Å². The minimum absolute atomic E-state index is 0.0184. The first-order valence-corrected chi connectivity index (χ1v) is 14.2. The average molecular weight is 506 g/mol. The molecule has 1 saturated heterocycles. The summed E-state index contributed by atoms with van der Waals surface area (Å²) in [7, 11) is 0. The van der Waals surface area contributed by atoms with E-state index in [0.29, 0.717) is 28.6 Å². The molecule has 5 rings (SSSR count). The molecular weight excluding hydrogens is 474 g/mol. The highest BCUT2D eigenvalue weighted by atomic mass is 32.2. The van der Waals surface area contributed by atoms with Gasteiger partial charge < -0.3 is 4.90 Å². The molecule has 3 heterocycles. The van der Waals surface area contributed by atoms with Gasteiger partial charge in [-0.1, -0.05) is 79.3 Å². The lowest BCUT2D eigenvalue weighted by molar-refractivity contribution is -0.129. The number of fused-ring (bicyclic) bond motifs is 1. The summed E-state index contributed by atoms with van der Waals surface area (Å²) in [5.74, 6) is 1.08. The second-order valence-electron chi connectivity index (χ2n) is 9.48. The fraction of sp³-hybridized carbons (Fsp3) is 0.393. The largest absolute Gasteiger partial charge is 0.342 e. The number of carbonyl (C=O) groups is 1. The molecule has 1 aromatic heterocycles. The highest BCUT2D eigenvalue weighted by Gasteiger charge is 2.28. The Morgan fingerprint density at radius 1 is 1.03 bits per heavy atom. The molecular formula is C28H31N3O2S2. The van der Waals surface area contributed by atoms with Crippen molar-refractivity contribution in [3.63, 3.8) is 0 Å². The maximum Gasteiger partial charge on any atom is 0.268 e. The number of carbonyl (C=O) groups excluding carboxylic acids is 1. The molecule has 0 spiro atoms. The van der Waals surface area contributed by atoms with E-state index in [0.717, 1.165) is 54.9 Å². The van der Waals surface area contributed by atoms with Gasteiger partial charge in [0.05, 0.1) is 22.9 Å². The lowest BCUT2D eigenvalue weighted by Gasteiger charge is -2.32. The molecule has 2 aliphatic heterocycles. The van der Waals surface area contributed by atoms with E-state index in [9.17, 15) is 9.59 Å². The van der Waals surface area contributed by atoms with E-state index in [1.54, 1.807) is 16.3 Å². The molecule has 1 fully saturated rings. The van der Waals surface area contributed by atoms with Crippen molar-refractivity contribution >= 4 is 29.4 Å². The van der Waals surface area contributed by atoms with Crippen molar-refractivity contribution in [2.24, 2.45) is 5.92 Å². The monoisotopic (exact) mass is 505 g/mol. The minimum Gasteiger partial charge on any atom is -0.342 e. The van der Waals surface area contributed by atoms with Gasteiger partial charge in [-0.15, -0.1) is 11.8 Å². The molecule has 0 unspecified atom stereocenters. The quantitative estimate of drug-likeness (QED) is 0.338. The Labute approximate surface area is 215 Å². The van der Waals surface area contributed by atoms with E-state index >= 15 is 0 Å². The number of amides is 1. The summed E-state index contributed by atoms with van der Waals surface area (Å²) in [6, 6.07) is 20.6. The van der Waals surface area contributed by atoms with E-state index in [2.05, 4.69) is 37.3 Å². The Morgan fingerprint density at radius 2 is 1.69 bits per heavy atom. The second-order valence-corrected chi connectivity index (χ2v) is 11.9. The molecule has 0 bridgehead atoms. The third-order valence-electron chi connectivity index (χ3n) is 6.81. The molecule has 0 aliphatic carbocycles. The van der Waals surface area contributed by atoms with Crippen LogP contribution in [-0.2, 0) is 24.2 Å². The Morgan fingerprint density at radius 3 is 2.37 bits per heavy atom. The normalized spacial score (nSPS) is 18.0. The van der Waals surface area contributed by atoms with Gasteiger partial charge in [0.1, 0.15) is 0 Å². The maximum absolute atomic E-state index is 13.4. The standard InChI is InChI=1S/C28H31N3O2S2/c1-20-16-24-26(35-20)27(33)31(18-23-10-6-3-7-11-23)28(29-24)34-19-25(32)30-14-12-22(13-15-30)17-21-8-4-2-5-9-21/h2-11,20,22H,12-19H2,1H3/t20-/m1/s1. The summed E-state index contributed by atoms with van der Waals surface area (Å²) >= 11 is 3.02. The molecule has 0 saturated carbocycles. The molecule has 1 amide bonds. The van der Waals surface area contributed by atoms with Crippen LogP contribution in [0.25, 0.3) is 0 Å². The minimum atomic E-state index is 0.0184. The van der Waals surface area contributed by atoms with Crippen LogP contribution in [0.2, 0.25) is 0 Å². The van der Waals surface area contributed by atoms with Crippen molar-refractivity contribution in [3.05, 3.63) is 87.8 Å². The number of hydrogen-bond donors (Lipinski definition) is 0. The summed E-state index contributed by atoms with van der Waals surface area (Å²) < 4.78 is 1.75. The molecule has 0 N–H and O–H groups in total. The van der Waals surface area contributed by atoms with Gasteiger partial charge in [0.2, 0.25) is 5.91 Å². The van der Waals surface area contributed by atoms with Crippen molar-refractivity contribution < 1.29 is 4.79 Å². The summed E-state index contributed by atoms with van der Waals surface area (Å²) in [5.41, 5.74) is 3.33. The van der Waals surface area contributed by atoms with Crippen LogP contribution in [-0.4, -0.2) is 44.5 Å². The van der Waals surface area contributed by atoms with E-state index in [4.69, 9.17) is 4.98 Å². The Balaban J connectivity index is 1.24. The van der Waals surface area contributed by atoms with Gasteiger partial charge in [0.15, 0.2) is 5.16 Å². The van der Waals surface area contributed by atoms with Crippen LogP contribution in [0, 0.1) is 5.92 Å². The van der Waals surface area contributed by atoms with Crippen LogP contribution < -0.4 is 5.56 Å². The highest BCUT2D eigenvalue weighted by molar-refractivity contribution is 8.00. The lowest BCUT2D eigenvalue weighted by Crippen LogP contribution is -2.40. The number of thioether (sulfide) groups is 2. The fourth-order valence-corrected chi connectivity index (χ4v) is 6.93. The lowest BCUT2D eigenvalue weighted by atomic mass is 9.90. The Bertz CT molecular complexity index is 1220. The second kappa shape index (κ2) is 11.0. The predicted octanol–water partition coefficient (Wildman–Crippen LogP) is 4.90. The molecule has 5 nitrogen and oxygen atoms in total. The van der Waals surface area contributed by atoms with E-state index in [1.165, 1.54) is 17.3 Å². The van der Waals surface area contributed by atoms with Crippen LogP contribution in [0.3, 0.4) is 0 Å². The number of likely N-dealkylation sites (tertiary alicyclic amines) is 1. The summed E-state index contributed by atoms with van der Waals surface area (Å²) in [6.07, 6.45) is 3.96. The number of aromatic nitrogens is 2. The fourth-order valence-electron chi connectivity index (χ4n) is 4.90. The van der Waals surface area contributed by atoms with Crippen LogP contribution in [0.4, 0.5) is 0 Å². The zero-order chi connectivity index (χ0) is 24.2. The smallest absolute Gasteiger partial charge is 0.268 e. The van der Waals surface area contributed by atoms with Crippen molar-refractivity contribution in [1.29, 1.82) is 0 Å². The average Bonchev–Trinajstić information content (AvgIpc) is 3.26. The predicted molar refractivity (Wildman–Crippen MR) is 143 cm³/mol. The maximum atomic E-state index is 13.4. The van der Waals surface area contributed by atoms with Gasteiger partial charge in [-0.2, -0.15) is 0 Å². The number of hydrogen-bond acceptors (Lipinski definition) is 5. The van der Waals surface area contributed by atoms with Crippen LogP contribution in [0.5, 0.6) is 0 Å². The highest BCUT2D eigenvalue weighted by Crippen LogP contribution is 2.34. The number of rotatable bonds is 7. The van der Waals surface area contributed by atoms with Gasteiger partial charge in [0.25, 0.3) is 5.56 Å². The molecule has 1 atom stereocenters. The van der Waals surface area contributed by atoms with Gasteiger partial charge in [-0.25, -0.2) is 4.98 Å².